The van der Waals surface area contributed by atoms with Crippen molar-refractivity contribution in [2.24, 2.45) is 0 Å². The van der Waals surface area contributed by atoms with E-state index >= 15 is 0 Å². The summed E-state index contributed by atoms with van der Waals surface area (Å²) in [4.78, 5) is 14.3. The molecule has 2 N–H and O–H groups in total. The van der Waals surface area contributed by atoms with Crippen LogP contribution in [0.4, 0.5) is 0 Å². The third kappa shape index (κ3) is 2.80. The normalized spacial score (nSPS) is 24.9. The van der Waals surface area contributed by atoms with Crippen LogP contribution in [0, 0.1) is 0 Å². The van der Waals surface area contributed by atoms with Gasteiger partial charge in [0.25, 0.3) is 0 Å². The van der Waals surface area contributed by atoms with Crippen LogP contribution >= 0.6 is 24.8 Å². The number of carbonyl (C=O) groups is 1. The molecule has 4 nitrogen and oxygen atoms in total. The van der Waals surface area contributed by atoms with Crippen molar-refractivity contribution in [2.75, 3.05) is 33.2 Å². The van der Waals surface area contributed by atoms with Gasteiger partial charge in [0.15, 0.2) is 0 Å². The number of hydrogen-bond acceptors (Lipinski definition) is 3. The van der Waals surface area contributed by atoms with E-state index in [4.69, 9.17) is 0 Å². The summed E-state index contributed by atoms with van der Waals surface area (Å²) >= 11 is 0. The highest BCUT2D eigenvalue weighted by Gasteiger charge is 2.43. The number of carbonyl (C=O) groups excluding carboxylic acids is 1. The van der Waals surface area contributed by atoms with Gasteiger partial charge in [0.2, 0.25) is 5.91 Å². The van der Waals surface area contributed by atoms with Gasteiger partial charge in [0.1, 0.15) is 5.54 Å². The fraction of sp³-hybridized carbons (Fsp3) is 0.900. The first-order valence-corrected chi connectivity index (χ1v) is 5.46. The first-order chi connectivity index (χ1) is 6.76. The number of amides is 1. The summed E-state index contributed by atoms with van der Waals surface area (Å²) in [5.74, 6) is 0.235. The highest BCUT2D eigenvalue weighted by Crippen LogP contribution is 2.26. The Kier molecular flexibility index (Phi) is 6.63. The minimum Gasteiger partial charge on any atom is -0.354 e. The quantitative estimate of drug-likeness (QED) is 0.670. The fourth-order valence-corrected chi connectivity index (χ4v) is 2.52. The Labute approximate surface area is 109 Å². The Morgan fingerprint density at radius 2 is 1.81 bits per heavy atom. The van der Waals surface area contributed by atoms with E-state index in [0.29, 0.717) is 0 Å². The lowest BCUT2D eigenvalue weighted by Crippen LogP contribution is -2.60. The van der Waals surface area contributed by atoms with Crippen LogP contribution in [0.2, 0.25) is 0 Å². The summed E-state index contributed by atoms with van der Waals surface area (Å²) < 4.78 is 0. The van der Waals surface area contributed by atoms with Crippen molar-refractivity contribution >= 4 is 30.7 Å². The predicted octanol–water partition coefficient (Wildman–Crippen LogP) is 0.404. The minimum atomic E-state index is -0.220. The molecule has 0 atom stereocenters. The molecule has 0 bridgehead atoms. The second-order valence-electron chi connectivity index (χ2n) is 4.31. The molecule has 6 heteroatoms. The van der Waals surface area contributed by atoms with Gasteiger partial charge in [-0.1, -0.05) is 0 Å². The van der Waals surface area contributed by atoms with Crippen LogP contribution < -0.4 is 10.6 Å². The molecular formula is C10H21Cl2N3O. The minimum absolute atomic E-state index is 0. The van der Waals surface area contributed by atoms with Crippen molar-refractivity contribution in [3.05, 3.63) is 0 Å². The topological polar surface area (TPSA) is 44.4 Å². The van der Waals surface area contributed by atoms with Crippen LogP contribution in [-0.2, 0) is 4.79 Å². The summed E-state index contributed by atoms with van der Waals surface area (Å²) in [6.07, 6.45) is 2.95. The van der Waals surface area contributed by atoms with E-state index in [0.717, 1.165) is 45.4 Å². The molecule has 2 aliphatic heterocycles. The van der Waals surface area contributed by atoms with Crippen molar-refractivity contribution in [2.45, 2.75) is 24.8 Å². The van der Waals surface area contributed by atoms with Crippen LogP contribution in [0.5, 0.6) is 0 Å². The molecule has 0 aliphatic carbocycles. The van der Waals surface area contributed by atoms with Gasteiger partial charge in [-0.2, -0.15) is 0 Å². The van der Waals surface area contributed by atoms with Crippen molar-refractivity contribution in [1.82, 2.24) is 15.5 Å². The smallest absolute Gasteiger partial charge is 0.240 e. The molecule has 16 heavy (non-hydrogen) atoms. The number of hydrogen-bond donors (Lipinski definition) is 2. The first-order valence-electron chi connectivity index (χ1n) is 5.46. The summed E-state index contributed by atoms with van der Waals surface area (Å²) in [5, 5.41) is 6.34. The zero-order valence-corrected chi connectivity index (χ0v) is 11.3. The Morgan fingerprint density at radius 3 is 2.44 bits per heavy atom. The summed E-state index contributed by atoms with van der Waals surface area (Å²) in [6, 6.07) is 0. The average molecular weight is 270 g/mol. The van der Waals surface area contributed by atoms with E-state index in [1.54, 1.807) is 0 Å². The van der Waals surface area contributed by atoms with Gasteiger partial charge >= 0.3 is 0 Å². The maximum atomic E-state index is 12.0. The first kappa shape index (κ1) is 16.0. The Hall–Kier alpha value is -0.0300. The van der Waals surface area contributed by atoms with Crippen LogP contribution in [0.15, 0.2) is 0 Å². The van der Waals surface area contributed by atoms with Gasteiger partial charge in [0.05, 0.1) is 0 Å². The van der Waals surface area contributed by atoms with Crippen molar-refractivity contribution in [1.29, 1.82) is 0 Å². The molecule has 1 amide bonds. The van der Waals surface area contributed by atoms with E-state index in [2.05, 4.69) is 22.6 Å². The fourth-order valence-electron chi connectivity index (χ4n) is 2.52. The molecule has 96 valence electrons. The molecule has 2 heterocycles. The van der Waals surface area contributed by atoms with Gasteiger partial charge in [-0.05, 0) is 39.4 Å². The maximum Gasteiger partial charge on any atom is 0.240 e. The maximum absolute atomic E-state index is 12.0. The Morgan fingerprint density at radius 1 is 1.19 bits per heavy atom. The van der Waals surface area contributed by atoms with Crippen molar-refractivity contribution in [3.63, 3.8) is 0 Å². The number of rotatable bonds is 0. The molecule has 2 rings (SSSR count). The van der Waals surface area contributed by atoms with Crippen LogP contribution in [0.1, 0.15) is 19.3 Å². The highest BCUT2D eigenvalue weighted by atomic mass is 35.5. The summed E-state index contributed by atoms with van der Waals surface area (Å²) in [6.45, 7) is 3.77. The molecule has 0 unspecified atom stereocenters. The number of likely N-dealkylation sites (N-methyl/N-ethyl adjacent to an activating group) is 1. The number of piperidine rings is 1. The van der Waals surface area contributed by atoms with Crippen molar-refractivity contribution in [3.8, 4) is 0 Å². The third-order valence-electron chi connectivity index (χ3n) is 3.54. The van der Waals surface area contributed by atoms with Crippen LogP contribution in [0.3, 0.4) is 0 Å². The average Bonchev–Trinajstić information content (AvgIpc) is 2.35. The summed E-state index contributed by atoms with van der Waals surface area (Å²) in [5.41, 5.74) is -0.220. The van der Waals surface area contributed by atoms with Gasteiger partial charge in [0, 0.05) is 13.1 Å². The monoisotopic (exact) mass is 269 g/mol. The largest absolute Gasteiger partial charge is 0.354 e. The SMILES string of the molecule is CN1CCCNC(=O)C12CCNCC2.Cl.Cl. The molecule has 2 fully saturated rings. The Bertz CT molecular complexity index is 232. The highest BCUT2D eigenvalue weighted by molar-refractivity contribution is 5.86. The third-order valence-corrected chi connectivity index (χ3v) is 3.54. The molecule has 0 aromatic carbocycles. The molecular weight excluding hydrogens is 249 g/mol. The molecule has 0 saturated carbocycles. The standard InChI is InChI=1S/C10H19N3O.2ClH/c1-13-8-2-5-12-9(14)10(13)3-6-11-7-4-10;;/h11H,2-8H2,1H3,(H,12,14);2*1H. The summed E-state index contributed by atoms with van der Waals surface area (Å²) in [7, 11) is 2.08. The molecule has 2 aliphatic rings. The molecule has 0 aromatic rings. The second-order valence-corrected chi connectivity index (χ2v) is 4.31. The number of nitrogens with one attached hydrogen (secondary N) is 2. The molecule has 0 aromatic heterocycles. The van der Waals surface area contributed by atoms with E-state index in [9.17, 15) is 4.79 Å². The zero-order valence-electron chi connectivity index (χ0n) is 9.62. The van der Waals surface area contributed by atoms with Crippen molar-refractivity contribution < 1.29 is 4.79 Å². The van der Waals surface area contributed by atoms with Gasteiger partial charge < -0.3 is 10.6 Å². The zero-order chi connectivity index (χ0) is 10.0. The lowest BCUT2D eigenvalue weighted by Gasteiger charge is -2.41. The predicted molar refractivity (Wildman–Crippen MR) is 69.6 cm³/mol. The van der Waals surface area contributed by atoms with Crippen LogP contribution in [-0.4, -0.2) is 49.6 Å². The molecule has 1 spiro atoms. The van der Waals surface area contributed by atoms with Crippen LogP contribution in [0.25, 0.3) is 0 Å². The van der Waals surface area contributed by atoms with Gasteiger partial charge in [-0.15, -0.1) is 24.8 Å². The molecule has 2 saturated heterocycles. The van der Waals surface area contributed by atoms with E-state index in [-0.39, 0.29) is 36.3 Å². The van der Waals surface area contributed by atoms with Gasteiger partial charge in [-0.3, -0.25) is 9.69 Å². The van der Waals surface area contributed by atoms with E-state index in [1.165, 1.54) is 0 Å². The number of nitrogens with zero attached hydrogens (tertiary/aromatic N) is 1. The molecule has 0 radical (unpaired) electrons. The second kappa shape index (κ2) is 6.64. The lowest BCUT2D eigenvalue weighted by molar-refractivity contribution is -0.133. The lowest BCUT2D eigenvalue weighted by atomic mass is 9.86. The van der Waals surface area contributed by atoms with E-state index in [1.807, 2.05) is 0 Å². The number of halogens is 2. The Balaban J connectivity index is 0.00000112. The van der Waals surface area contributed by atoms with E-state index < -0.39 is 0 Å². The van der Waals surface area contributed by atoms with Gasteiger partial charge in [-0.25, -0.2) is 0 Å².